The molecule has 0 bridgehead atoms. The lowest BCUT2D eigenvalue weighted by atomic mass is 9.98. The quantitative estimate of drug-likeness (QED) is 0.343. The first-order valence-corrected chi connectivity index (χ1v) is 10.7. The minimum absolute atomic E-state index is 0.0307. The van der Waals surface area contributed by atoms with Crippen LogP contribution >= 0.6 is 11.6 Å². The molecular weight excluding hydrogens is 426 g/mol. The first-order valence-electron chi connectivity index (χ1n) is 10.3. The maximum Gasteiger partial charge on any atom is 0.222 e. The number of halogens is 1. The van der Waals surface area contributed by atoms with Gasteiger partial charge in [-0.15, -0.1) is 0 Å². The molecule has 0 unspecified atom stereocenters. The van der Waals surface area contributed by atoms with Gasteiger partial charge in [0.1, 0.15) is 5.69 Å². The number of nitrogens with zero attached hydrogens (tertiary/aromatic N) is 5. The molecule has 4 rings (SSSR count). The highest BCUT2D eigenvalue weighted by Crippen LogP contribution is 2.37. The van der Waals surface area contributed by atoms with Crippen LogP contribution in [0.5, 0.6) is 0 Å². The Bertz CT molecular complexity index is 1190. The van der Waals surface area contributed by atoms with Crippen molar-refractivity contribution in [3.63, 3.8) is 0 Å². The van der Waals surface area contributed by atoms with Crippen LogP contribution in [-0.2, 0) is 6.42 Å². The summed E-state index contributed by atoms with van der Waals surface area (Å²) in [5, 5.41) is 10.0. The highest BCUT2D eigenvalue weighted by atomic mass is 35.5. The minimum Gasteiger partial charge on any atom is -0.394 e. The molecule has 1 aromatic carbocycles. The van der Waals surface area contributed by atoms with Crippen LogP contribution in [0.1, 0.15) is 29.4 Å². The molecule has 0 spiro atoms. The van der Waals surface area contributed by atoms with Gasteiger partial charge in [-0.05, 0) is 53.3 Å². The number of ketones is 1. The Morgan fingerprint density at radius 1 is 1.31 bits per heavy atom. The van der Waals surface area contributed by atoms with Crippen molar-refractivity contribution in [1.29, 1.82) is 0 Å². The molecule has 3 aromatic rings. The fourth-order valence-corrected chi connectivity index (χ4v) is 4.38. The Morgan fingerprint density at radius 3 is 2.91 bits per heavy atom. The van der Waals surface area contributed by atoms with Crippen LogP contribution in [0.3, 0.4) is 0 Å². The minimum atomic E-state index is -0.167. The van der Waals surface area contributed by atoms with Crippen molar-refractivity contribution in [2.75, 3.05) is 18.1 Å². The van der Waals surface area contributed by atoms with Gasteiger partial charge in [0.15, 0.2) is 11.5 Å². The molecule has 1 aliphatic rings. The molecule has 7 nitrogen and oxygen atoms in total. The van der Waals surface area contributed by atoms with Crippen LogP contribution in [0, 0.1) is 12.5 Å². The fraction of sp³-hybridized carbons (Fsp3) is 0.292. The molecule has 1 saturated heterocycles. The number of carbonyl (C=O) groups excluding carboxylic acids is 1. The van der Waals surface area contributed by atoms with Gasteiger partial charge in [-0.3, -0.25) is 9.78 Å². The van der Waals surface area contributed by atoms with Crippen molar-refractivity contribution in [3.8, 4) is 11.1 Å². The van der Waals surface area contributed by atoms with E-state index in [0.29, 0.717) is 11.6 Å². The first kappa shape index (κ1) is 21.9. The number of aliphatic hydroxyl groups excluding tert-OH is 1. The Kier molecular flexibility index (Phi) is 6.45. The molecule has 1 N–H and O–H groups in total. The predicted molar refractivity (Wildman–Crippen MR) is 123 cm³/mol. The molecule has 162 valence electrons. The van der Waals surface area contributed by atoms with E-state index < -0.39 is 0 Å². The second-order valence-corrected chi connectivity index (χ2v) is 8.33. The number of aliphatic hydroxyl groups is 1. The molecule has 0 saturated carbocycles. The van der Waals surface area contributed by atoms with Gasteiger partial charge in [0.2, 0.25) is 5.28 Å². The number of anilines is 1. The highest BCUT2D eigenvalue weighted by Gasteiger charge is 2.31. The van der Waals surface area contributed by atoms with Gasteiger partial charge < -0.3 is 10.0 Å². The summed E-state index contributed by atoms with van der Waals surface area (Å²) < 4.78 is 0. The third kappa shape index (κ3) is 4.47. The van der Waals surface area contributed by atoms with Gasteiger partial charge in [-0.2, -0.15) is 0 Å². The third-order valence-electron chi connectivity index (χ3n) is 5.72. The molecule has 2 aromatic heterocycles. The summed E-state index contributed by atoms with van der Waals surface area (Å²) in [5.41, 5.74) is 4.05. The maximum absolute atomic E-state index is 12.9. The van der Waals surface area contributed by atoms with Gasteiger partial charge in [0.25, 0.3) is 0 Å². The molecule has 0 amide bonds. The van der Waals surface area contributed by atoms with Crippen LogP contribution in [0.2, 0.25) is 5.28 Å². The molecule has 1 fully saturated rings. The number of aromatic nitrogens is 3. The number of pyridine rings is 1. The van der Waals surface area contributed by atoms with E-state index >= 15 is 0 Å². The van der Waals surface area contributed by atoms with Gasteiger partial charge in [0, 0.05) is 42.8 Å². The van der Waals surface area contributed by atoms with Crippen LogP contribution in [0.4, 0.5) is 11.4 Å². The van der Waals surface area contributed by atoms with Gasteiger partial charge in [-0.25, -0.2) is 14.8 Å². The molecule has 32 heavy (non-hydrogen) atoms. The standard InChI is InChI=1S/C24H22ClN5O2/c1-15-9-18(14-31)30(13-15)22-10-16(19-12-27-7-5-20(19)26-2)3-4-17(22)11-23(32)21-6-8-28-24(25)29-21/h3-8,10,12,15,18,31H,9,11,13-14H2,1H3/t15-,18-/m0/s1. The zero-order valence-corrected chi connectivity index (χ0v) is 18.3. The smallest absolute Gasteiger partial charge is 0.222 e. The molecule has 0 radical (unpaired) electrons. The molecular formula is C24H22ClN5O2. The predicted octanol–water partition coefficient (Wildman–Crippen LogP) is 4.38. The average molecular weight is 448 g/mol. The van der Waals surface area contributed by atoms with Crippen molar-refractivity contribution < 1.29 is 9.90 Å². The summed E-state index contributed by atoms with van der Waals surface area (Å²) in [4.78, 5) is 30.8. The molecule has 8 heteroatoms. The third-order valence-corrected chi connectivity index (χ3v) is 5.90. The first-order chi connectivity index (χ1) is 15.5. The highest BCUT2D eigenvalue weighted by molar-refractivity contribution is 6.28. The molecule has 1 aliphatic heterocycles. The normalized spacial score (nSPS) is 17.9. The maximum atomic E-state index is 12.9. The van der Waals surface area contributed by atoms with Crippen molar-refractivity contribution in [3.05, 3.63) is 76.9 Å². The zero-order valence-electron chi connectivity index (χ0n) is 17.6. The number of rotatable bonds is 6. The Labute approximate surface area is 191 Å². The summed E-state index contributed by atoms with van der Waals surface area (Å²) in [5.74, 6) is 0.247. The lowest BCUT2D eigenvalue weighted by molar-refractivity contribution is 0.0988. The van der Waals surface area contributed by atoms with Gasteiger partial charge in [-0.1, -0.05) is 19.1 Å². The van der Waals surface area contributed by atoms with Gasteiger partial charge in [0.05, 0.1) is 19.2 Å². The van der Waals surface area contributed by atoms with E-state index in [-0.39, 0.29) is 35.8 Å². The van der Waals surface area contributed by atoms with Crippen LogP contribution in [0.15, 0.2) is 48.9 Å². The second-order valence-electron chi connectivity index (χ2n) is 7.99. The fourth-order valence-electron chi connectivity index (χ4n) is 4.23. The Hall–Kier alpha value is -3.34. The second kappa shape index (κ2) is 9.43. The van der Waals surface area contributed by atoms with E-state index in [4.69, 9.17) is 18.2 Å². The average Bonchev–Trinajstić information content (AvgIpc) is 3.19. The van der Waals surface area contributed by atoms with E-state index in [9.17, 15) is 9.90 Å². The largest absolute Gasteiger partial charge is 0.394 e. The number of hydrogen-bond acceptors (Lipinski definition) is 6. The summed E-state index contributed by atoms with van der Waals surface area (Å²) >= 11 is 5.86. The van der Waals surface area contributed by atoms with E-state index in [1.165, 1.54) is 6.20 Å². The summed E-state index contributed by atoms with van der Waals surface area (Å²) in [6, 6.07) is 9.00. The topological polar surface area (TPSA) is 83.6 Å². The Balaban J connectivity index is 1.77. The number of Topliss-reactive ketones (excluding diaryl/α,β-unsaturated/α-hetero) is 1. The summed E-state index contributed by atoms with van der Waals surface area (Å²) in [7, 11) is 0. The monoisotopic (exact) mass is 447 g/mol. The lowest BCUT2D eigenvalue weighted by Crippen LogP contribution is -2.33. The van der Waals surface area contributed by atoms with Gasteiger partial charge >= 0.3 is 0 Å². The van der Waals surface area contributed by atoms with E-state index in [2.05, 4.69) is 31.6 Å². The lowest BCUT2D eigenvalue weighted by Gasteiger charge is -2.28. The molecule has 0 aliphatic carbocycles. The summed E-state index contributed by atoms with van der Waals surface area (Å²) in [6.07, 6.45) is 5.74. The van der Waals surface area contributed by atoms with Crippen molar-refractivity contribution in [1.82, 2.24) is 15.0 Å². The van der Waals surface area contributed by atoms with Crippen LogP contribution in [0.25, 0.3) is 16.0 Å². The SMILES string of the molecule is [C-]#[N+]c1ccncc1-c1ccc(CC(=O)c2ccnc(Cl)n2)c(N2C[C@@H](C)C[C@H]2CO)c1. The number of benzene rings is 1. The number of carbonyl (C=O) groups is 1. The molecule has 3 heterocycles. The molecule has 2 atom stereocenters. The van der Waals surface area contributed by atoms with E-state index in [1.807, 2.05) is 18.2 Å². The van der Waals surface area contributed by atoms with Crippen LogP contribution in [-0.4, -0.2) is 45.0 Å². The van der Waals surface area contributed by atoms with Crippen molar-refractivity contribution >= 4 is 28.8 Å². The van der Waals surface area contributed by atoms with Crippen molar-refractivity contribution in [2.45, 2.75) is 25.8 Å². The van der Waals surface area contributed by atoms with Crippen molar-refractivity contribution in [2.24, 2.45) is 5.92 Å². The Morgan fingerprint density at radius 2 is 2.16 bits per heavy atom. The van der Waals surface area contributed by atoms with E-state index in [0.717, 1.165) is 35.3 Å². The number of hydrogen-bond donors (Lipinski definition) is 1. The zero-order chi connectivity index (χ0) is 22.7. The van der Waals surface area contributed by atoms with E-state index in [1.54, 1.807) is 24.5 Å². The van der Waals surface area contributed by atoms with Crippen LogP contribution < -0.4 is 4.90 Å². The summed E-state index contributed by atoms with van der Waals surface area (Å²) in [6.45, 7) is 10.4.